The molecule has 0 heterocycles. The van der Waals surface area contributed by atoms with Crippen LogP contribution in [-0.2, 0) is 0 Å². The molecule has 148 valence electrons. The van der Waals surface area contributed by atoms with Crippen molar-refractivity contribution in [2.75, 3.05) is 0 Å². The van der Waals surface area contributed by atoms with Crippen LogP contribution in [0.4, 0.5) is 0 Å². The average molecular weight is 461 g/mol. The lowest BCUT2D eigenvalue weighted by atomic mass is 9.92. The lowest BCUT2D eigenvalue weighted by Gasteiger charge is -2.12. The molecular weight excluding hydrogens is 440 g/mol. The van der Waals surface area contributed by atoms with Gasteiger partial charge in [-0.3, -0.25) is 0 Å². The van der Waals surface area contributed by atoms with Crippen LogP contribution < -0.4 is 0 Å². The third-order valence-electron chi connectivity index (χ3n) is 5.54. The van der Waals surface area contributed by atoms with Crippen molar-refractivity contribution in [3.63, 3.8) is 0 Å². The molecule has 0 amide bonds. The van der Waals surface area contributed by atoms with E-state index in [1.54, 1.807) is 0 Å². The fourth-order valence-electron chi connectivity index (χ4n) is 3.89. The van der Waals surface area contributed by atoms with Crippen LogP contribution in [0.25, 0.3) is 44.5 Å². The fraction of sp³-hybridized carbons (Fsp3) is 0. The Morgan fingerprint density at radius 3 is 0.968 bits per heavy atom. The zero-order valence-electron chi connectivity index (χ0n) is 17.0. The van der Waals surface area contributed by atoms with Gasteiger partial charge in [-0.15, -0.1) is 0 Å². The van der Waals surface area contributed by atoms with Crippen molar-refractivity contribution < 1.29 is 0 Å². The highest BCUT2D eigenvalue weighted by atomic mass is 79.9. The van der Waals surface area contributed by atoms with E-state index < -0.39 is 0 Å². The lowest BCUT2D eigenvalue weighted by Crippen LogP contribution is -1.86. The number of halogens is 1. The average Bonchev–Trinajstić information content (AvgIpc) is 2.85. The van der Waals surface area contributed by atoms with E-state index in [9.17, 15) is 0 Å². The SMILES string of the molecule is Brc1ccc(-c2ccc(-c3cc(-c4ccccc4)cc(-c4ccccc4)c3)cc2)cc1. The largest absolute Gasteiger partial charge is 0.0622 e. The fourth-order valence-corrected chi connectivity index (χ4v) is 4.15. The van der Waals surface area contributed by atoms with E-state index in [-0.39, 0.29) is 0 Å². The molecule has 5 rings (SSSR count). The number of hydrogen-bond donors (Lipinski definition) is 0. The van der Waals surface area contributed by atoms with Crippen LogP contribution in [0.15, 0.2) is 132 Å². The Bertz CT molecular complexity index is 1230. The van der Waals surface area contributed by atoms with Crippen LogP contribution in [-0.4, -0.2) is 0 Å². The van der Waals surface area contributed by atoms with Gasteiger partial charge in [-0.1, -0.05) is 113 Å². The first kappa shape index (κ1) is 19.5. The zero-order chi connectivity index (χ0) is 21.0. The van der Waals surface area contributed by atoms with Gasteiger partial charge in [0.2, 0.25) is 0 Å². The molecule has 0 bridgehead atoms. The van der Waals surface area contributed by atoms with Gasteiger partial charge in [-0.25, -0.2) is 0 Å². The maximum atomic E-state index is 3.51. The summed E-state index contributed by atoms with van der Waals surface area (Å²) in [6.45, 7) is 0. The minimum atomic E-state index is 1.10. The highest BCUT2D eigenvalue weighted by Gasteiger charge is 2.08. The van der Waals surface area contributed by atoms with E-state index >= 15 is 0 Å². The summed E-state index contributed by atoms with van der Waals surface area (Å²) in [4.78, 5) is 0. The first-order chi connectivity index (χ1) is 15.3. The van der Waals surface area contributed by atoms with Gasteiger partial charge in [0.1, 0.15) is 0 Å². The molecule has 0 N–H and O–H groups in total. The topological polar surface area (TPSA) is 0 Å². The third-order valence-corrected chi connectivity index (χ3v) is 6.07. The Labute approximate surface area is 192 Å². The van der Waals surface area contributed by atoms with Crippen molar-refractivity contribution in [1.82, 2.24) is 0 Å². The summed E-state index contributed by atoms with van der Waals surface area (Å²) in [7, 11) is 0. The van der Waals surface area contributed by atoms with Crippen LogP contribution in [0.2, 0.25) is 0 Å². The predicted molar refractivity (Wildman–Crippen MR) is 136 cm³/mol. The minimum Gasteiger partial charge on any atom is -0.0622 e. The molecule has 0 radical (unpaired) electrons. The first-order valence-electron chi connectivity index (χ1n) is 10.4. The van der Waals surface area contributed by atoms with Crippen molar-refractivity contribution in [3.8, 4) is 44.5 Å². The van der Waals surface area contributed by atoms with Gasteiger partial charge < -0.3 is 0 Å². The summed E-state index contributed by atoms with van der Waals surface area (Å²) in [5.74, 6) is 0. The van der Waals surface area contributed by atoms with Gasteiger partial charge in [0.05, 0.1) is 0 Å². The first-order valence-corrected chi connectivity index (χ1v) is 11.2. The van der Waals surface area contributed by atoms with Crippen molar-refractivity contribution in [2.24, 2.45) is 0 Å². The van der Waals surface area contributed by atoms with Crippen LogP contribution >= 0.6 is 15.9 Å². The van der Waals surface area contributed by atoms with Gasteiger partial charge in [0.25, 0.3) is 0 Å². The van der Waals surface area contributed by atoms with Gasteiger partial charge in [-0.2, -0.15) is 0 Å². The summed E-state index contributed by atoms with van der Waals surface area (Å²) in [5, 5.41) is 0. The third kappa shape index (κ3) is 4.38. The number of rotatable bonds is 4. The van der Waals surface area contributed by atoms with Gasteiger partial charge in [-0.05, 0) is 74.8 Å². The molecule has 0 aliphatic rings. The quantitative estimate of drug-likeness (QED) is 0.250. The van der Waals surface area contributed by atoms with E-state index in [2.05, 4.69) is 143 Å². The van der Waals surface area contributed by atoms with Gasteiger partial charge in [0, 0.05) is 4.47 Å². The summed E-state index contributed by atoms with van der Waals surface area (Å²) >= 11 is 3.51. The van der Waals surface area contributed by atoms with Crippen LogP contribution in [0, 0.1) is 0 Å². The molecule has 0 aromatic heterocycles. The Morgan fingerprint density at radius 2 is 0.581 bits per heavy atom. The summed E-state index contributed by atoms with van der Waals surface area (Å²) in [6.07, 6.45) is 0. The molecule has 0 spiro atoms. The van der Waals surface area contributed by atoms with E-state index in [4.69, 9.17) is 0 Å². The Hall–Kier alpha value is -3.42. The number of hydrogen-bond acceptors (Lipinski definition) is 0. The van der Waals surface area contributed by atoms with Crippen molar-refractivity contribution >= 4 is 15.9 Å². The van der Waals surface area contributed by atoms with Crippen LogP contribution in [0.3, 0.4) is 0 Å². The smallest absolute Gasteiger partial charge is 0.0175 e. The molecule has 31 heavy (non-hydrogen) atoms. The van der Waals surface area contributed by atoms with E-state index in [0.717, 1.165) is 4.47 Å². The van der Waals surface area contributed by atoms with Gasteiger partial charge >= 0.3 is 0 Å². The van der Waals surface area contributed by atoms with E-state index in [1.807, 2.05) is 0 Å². The molecule has 0 aliphatic heterocycles. The standard InChI is InChI=1S/C30H21Br/c31-30-17-15-25(16-18-30)24-11-13-26(14-12-24)29-20-27(22-7-3-1-4-8-22)19-28(21-29)23-9-5-2-6-10-23/h1-21H. The summed E-state index contributed by atoms with van der Waals surface area (Å²) < 4.78 is 1.10. The predicted octanol–water partition coefficient (Wildman–Crippen LogP) is 9.12. The highest BCUT2D eigenvalue weighted by Crippen LogP contribution is 2.33. The second-order valence-electron chi connectivity index (χ2n) is 7.62. The summed E-state index contributed by atoms with van der Waals surface area (Å²) in [6, 6.07) is 45.3. The number of benzene rings is 5. The molecule has 0 saturated carbocycles. The minimum absolute atomic E-state index is 1.10. The van der Waals surface area contributed by atoms with Crippen LogP contribution in [0.1, 0.15) is 0 Å². The molecule has 0 nitrogen and oxygen atoms in total. The Kier molecular flexibility index (Phi) is 5.52. The molecule has 5 aromatic carbocycles. The second-order valence-corrected chi connectivity index (χ2v) is 8.53. The molecule has 0 atom stereocenters. The maximum absolute atomic E-state index is 3.51. The lowest BCUT2D eigenvalue weighted by molar-refractivity contribution is 1.55. The van der Waals surface area contributed by atoms with E-state index in [0.29, 0.717) is 0 Å². The van der Waals surface area contributed by atoms with Crippen molar-refractivity contribution in [3.05, 3.63) is 132 Å². The Balaban J connectivity index is 1.58. The highest BCUT2D eigenvalue weighted by molar-refractivity contribution is 9.10. The monoisotopic (exact) mass is 460 g/mol. The molecule has 0 saturated heterocycles. The molecule has 0 aliphatic carbocycles. The van der Waals surface area contributed by atoms with Crippen molar-refractivity contribution in [2.45, 2.75) is 0 Å². The zero-order valence-corrected chi connectivity index (χ0v) is 18.6. The summed E-state index contributed by atoms with van der Waals surface area (Å²) in [5.41, 5.74) is 9.80. The van der Waals surface area contributed by atoms with Crippen molar-refractivity contribution in [1.29, 1.82) is 0 Å². The molecular formula is C30H21Br. The normalized spacial score (nSPS) is 10.7. The Morgan fingerprint density at radius 1 is 0.290 bits per heavy atom. The van der Waals surface area contributed by atoms with E-state index in [1.165, 1.54) is 44.5 Å². The molecule has 0 unspecified atom stereocenters. The van der Waals surface area contributed by atoms with Crippen LogP contribution in [0.5, 0.6) is 0 Å². The molecule has 0 fully saturated rings. The second kappa shape index (κ2) is 8.75. The molecule has 5 aromatic rings. The molecule has 1 heteroatoms. The van der Waals surface area contributed by atoms with Gasteiger partial charge in [0.15, 0.2) is 0 Å². The maximum Gasteiger partial charge on any atom is 0.0175 e.